The number of amidine groups is 1. The van der Waals surface area contributed by atoms with Crippen molar-refractivity contribution < 1.29 is 32.2 Å². The van der Waals surface area contributed by atoms with Crippen molar-refractivity contribution >= 4 is 40.4 Å². The number of ether oxygens (including phenoxy) is 2. The molecule has 1 aliphatic rings. The van der Waals surface area contributed by atoms with E-state index in [0.717, 1.165) is 29.7 Å². The summed E-state index contributed by atoms with van der Waals surface area (Å²) in [7, 11) is 0. The number of aryl methyl sites for hydroxylation is 2. The summed E-state index contributed by atoms with van der Waals surface area (Å²) in [6, 6.07) is 13.7. The number of hydrogen-bond donors (Lipinski definition) is 1. The molecule has 44 heavy (non-hydrogen) atoms. The number of rotatable bonds is 9. The molecule has 0 spiro atoms. The second-order valence-corrected chi connectivity index (χ2v) is 10.5. The van der Waals surface area contributed by atoms with Crippen LogP contribution in [0.15, 0.2) is 72.1 Å². The monoisotopic (exact) mass is 625 g/mol. The standard InChI is InChI=1S/C29H26F3N7O4S/c1-3-4-20-7-5-18(2)13-23(20)39-25(40)16-44-28(39)36-26(41)35-24-12-6-19(14-33-24)15-42-27-34-17-38(37-27)21-8-10-22(11-9-21)43-29(30,31)32/h5-14,17H,3-4,15-16H2,1-2H3,(H,33,35,41). The summed E-state index contributed by atoms with van der Waals surface area (Å²) in [5, 5.41) is 7.08. The van der Waals surface area contributed by atoms with Crippen molar-refractivity contribution in [3.63, 3.8) is 0 Å². The summed E-state index contributed by atoms with van der Waals surface area (Å²) in [6.45, 7) is 4.08. The molecule has 228 valence electrons. The Morgan fingerprint density at radius 1 is 1.11 bits per heavy atom. The van der Waals surface area contributed by atoms with E-state index < -0.39 is 12.4 Å². The third-order valence-corrected chi connectivity index (χ3v) is 7.12. The molecule has 15 heteroatoms. The Labute approximate surface area is 254 Å². The fourth-order valence-electron chi connectivity index (χ4n) is 4.24. The van der Waals surface area contributed by atoms with Gasteiger partial charge in [0, 0.05) is 11.8 Å². The van der Waals surface area contributed by atoms with Gasteiger partial charge in [0.2, 0.25) is 5.91 Å². The summed E-state index contributed by atoms with van der Waals surface area (Å²) in [4.78, 5) is 39.4. The number of urea groups is 1. The van der Waals surface area contributed by atoms with E-state index in [4.69, 9.17) is 4.74 Å². The lowest BCUT2D eigenvalue weighted by molar-refractivity contribution is -0.274. The van der Waals surface area contributed by atoms with Gasteiger partial charge in [0.1, 0.15) is 24.5 Å². The highest BCUT2D eigenvalue weighted by Gasteiger charge is 2.32. The molecular formula is C29H26F3N7O4S. The number of carbonyl (C=O) groups excluding carboxylic acids is 2. The van der Waals surface area contributed by atoms with Crippen molar-refractivity contribution in [2.75, 3.05) is 16.0 Å². The molecule has 1 aliphatic heterocycles. The van der Waals surface area contributed by atoms with E-state index in [1.165, 1.54) is 58.1 Å². The number of nitrogens with one attached hydrogen (secondary N) is 1. The molecule has 2 aromatic heterocycles. The van der Waals surface area contributed by atoms with Crippen molar-refractivity contribution in [2.45, 2.75) is 39.7 Å². The van der Waals surface area contributed by atoms with E-state index in [-0.39, 0.29) is 35.8 Å². The first-order chi connectivity index (χ1) is 21.1. The van der Waals surface area contributed by atoms with Crippen LogP contribution in [0, 0.1) is 6.92 Å². The molecule has 0 atom stereocenters. The van der Waals surface area contributed by atoms with Gasteiger partial charge in [-0.15, -0.1) is 18.3 Å². The van der Waals surface area contributed by atoms with Crippen molar-refractivity contribution in [3.05, 3.63) is 83.8 Å². The number of benzene rings is 2. The average molecular weight is 626 g/mol. The lowest BCUT2D eigenvalue weighted by atomic mass is 10.0. The van der Waals surface area contributed by atoms with Crippen LogP contribution in [0.2, 0.25) is 0 Å². The first kappa shape index (κ1) is 30.5. The highest BCUT2D eigenvalue weighted by molar-refractivity contribution is 8.15. The number of carbonyl (C=O) groups is 2. The van der Waals surface area contributed by atoms with Gasteiger partial charge in [-0.2, -0.15) is 9.98 Å². The SMILES string of the molecule is CCCc1ccc(C)cc1N1C(=O)CSC1=NC(=O)Nc1ccc(COc2ncn(-c3ccc(OC(F)(F)F)cc3)n2)cn1. The van der Waals surface area contributed by atoms with Gasteiger partial charge in [-0.3, -0.25) is 15.0 Å². The normalized spacial score (nSPS) is 14.2. The third kappa shape index (κ3) is 7.72. The number of anilines is 2. The van der Waals surface area contributed by atoms with E-state index >= 15 is 0 Å². The first-order valence-corrected chi connectivity index (χ1v) is 14.4. The molecule has 1 N–H and O–H groups in total. The van der Waals surface area contributed by atoms with E-state index in [2.05, 4.69) is 37.0 Å². The molecular weight excluding hydrogens is 599 g/mol. The second kappa shape index (κ2) is 13.2. The summed E-state index contributed by atoms with van der Waals surface area (Å²) in [6.07, 6.45) is -0.218. The summed E-state index contributed by atoms with van der Waals surface area (Å²) >= 11 is 1.20. The Morgan fingerprint density at radius 2 is 1.91 bits per heavy atom. The molecule has 0 saturated carbocycles. The Kier molecular flexibility index (Phi) is 9.13. The van der Waals surface area contributed by atoms with Gasteiger partial charge < -0.3 is 9.47 Å². The lowest BCUT2D eigenvalue weighted by Gasteiger charge is -2.20. The minimum Gasteiger partial charge on any atom is -0.457 e. The zero-order chi connectivity index (χ0) is 31.3. The first-order valence-electron chi connectivity index (χ1n) is 13.4. The molecule has 1 fully saturated rings. The third-order valence-electron chi connectivity index (χ3n) is 6.20. The molecule has 0 bridgehead atoms. The number of aliphatic imine (C=N–C) groups is 1. The van der Waals surface area contributed by atoms with Crippen LogP contribution in [-0.2, 0) is 17.8 Å². The number of alkyl halides is 3. The van der Waals surface area contributed by atoms with Gasteiger partial charge in [-0.1, -0.05) is 43.3 Å². The van der Waals surface area contributed by atoms with Crippen molar-refractivity contribution in [1.29, 1.82) is 0 Å². The van der Waals surface area contributed by atoms with Crippen molar-refractivity contribution in [1.82, 2.24) is 19.7 Å². The van der Waals surface area contributed by atoms with Crippen LogP contribution in [0.1, 0.15) is 30.0 Å². The van der Waals surface area contributed by atoms with Crippen molar-refractivity contribution in [3.8, 4) is 17.4 Å². The van der Waals surface area contributed by atoms with E-state index in [1.54, 1.807) is 12.1 Å². The molecule has 5 rings (SSSR count). The van der Waals surface area contributed by atoms with Crippen LogP contribution in [0.5, 0.6) is 11.8 Å². The van der Waals surface area contributed by atoms with E-state index in [1.807, 2.05) is 25.1 Å². The summed E-state index contributed by atoms with van der Waals surface area (Å²) < 4.78 is 47.9. The van der Waals surface area contributed by atoms with Gasteiger partial charge >= 0.3 is 18.4 Å². The molecule has 4 aromatic rings. The van der Waals surface area contributed by atoms with Crippen LogP contribution in [0.3, 0.4) is 0 Å². The van der Waals surface area contributed by atoms with Crippen LogP contribution >= 0.6 is 11.8 Å². The number of aromatic nitrogens is 4. The zero-order valence-corrected chi connectivity index (χ0v) is 24.4. The quantitative estimate of drug-likeness (QED) is 0.238. The van der Waals surface area contributed by atoms with Gasteiger partial charge in [-0.05, 0) is 60.9 Å². The maximum atomic E-state index is 12.7. The molecule has 3 amide bonds. The largest absolute Gasteiger partial charge is 0.573 e. The van der Waals surface area contributed by atoms with Gasteiger partial charge in [0.05, 0.1) is 17.1 Å². The maximum absolute atomic E-state index is 12.7. The van der Waals surface area contributed by atoms with Gasteiger partial charge in [0.15, 0.2) is 5.17 Å². The average Bonchev–Trinajstić information content (AvgIpc) is 3.60. The Balaban J connectivity index is 1.17. The Bertz CT molecular complexity index is 1680. The number of halogens is 3. The fraction of sp³-hybridized carbons (Fsp3) is 0.241. The molecule has 0 radical (unpaired) electrons. The van der Waals surface area contributed by atoms with Crippen LogP contribution in [0.4, 0.5) is 29.5 Å². The van der Waals surface area contributed by atoms with Crippen molar-refractivity contribution in [2.24, 2.45) is 4.99 Å². The molecule has 1 saturated heterocycles. The van der Waals surface area contributed by atoms with Crippen LogP contribution in [0.25, 0.3) is 5.69 Å². The predicted molar refractivity (Wildman–Crippen MR) is 158 cm³/mol. The number of hydrogen-bond acceptors (Lipinski definition) is 8. The lowest BCUT2D eigenvalue weighted by Crippen LogP contribution is -2.31. The molecule has 0 aliphatic carbocycles. The second-order valence-electron chi connectivity index (χ2n) is 9.58. The number of pyridine rings is 1. The minimum absolute atomic E-state index is 0.0395. The number of thioether (sulfide) groups is 1. The minimum atomic E-state index is -4.78. The number of nitrogens with zero attached hydrogens (tertiary/aromatic N) is 6. The van der Waals surface area contributed by atoms with E-state index in [9.17, 15) is 22.8 Å². The predicted octanol–water partition coefficient (Wildman–Crippen LogP) is 6.07. The highest BCUT2D eigenvalue weighted by atomic mass is 32.2. The summed E-state index contributed by atoms with van der Waals surface area (Å²) in [5.74, 6) is -0.0454. The topological polar surface area (TPSA) is 124 Å². The number of amides is 3. The molecule has 11 nitrogen and oxygen atoms in total. The maximum Gasteiger partial charge on any atom is 0.573 e. The highest BCUT2D eigenvalue weighted by Crippen LogP contribution is 2.31. The van der Waals surface area contributed by atoms with Crippen LogP contribution < -0.4 is 19.7 Å². The molecule has 0 unspecified atom stereocenters. The summed E-state index contributed by atoms with van der Waals surface area (Å²) in [5.41, 5.74) is 3.86. The fourth-order valence-corrected chi connectivity index (χ4v) is 5.10. The smallest absolute Gasteiger partial charge is 0.457 e. The van der Waals surface area contributed by atoms with Gasteiger partial charge in [-0.25, -0.2) is 14.5 Å². The zero-order valence-electron chi connectivity index (χ0n) is 23.5. The van der Waals surface area contributed by atoms with E-state index in [0.29, 0.717) is 16.4 Å². The van der Waals surface area contributed by atoms with Gasteiger partial charge in [0.25, 0.3) is 0 Å². The molecule has 2 aromatic carbocycles. The Morgan fingerprint density at radius 3 is 2.61 bits per heavy atom. The molecule has 3 heterocycles. The van der Waals surface area contributed by atoms with Crippen LogP contribution in [-0.4, -0.2) is 49.0 Å². The Hall–Kier alpha value is -4.92.